The van der Waals surface area contributed by atoms with Crippen LogP contribution in [0.1, 0.15) is 25.0 Å². The topological polar surface area (TPSA) is 51.8 Å². The van der Waals surface area contributed by atoms with Crippen LogP contribution in [0.4, 0.5) is 0 Å². The molecule has 0 N–H and O–H groups in total. The molecule has 0 aliphatic heterocycles. The van der Waals surface area contributed by atoms with Gasteiger partial charge in [-0.25, -0.2) is 15.0 Å². The van der Waals surface area contributed by atoms with E-state index >= 15 is 0 Å². The Bertz CT molecular complexity index is 2780. The van der Waals surface area contributed by atoms with E-state index in [-0.39, 0.29) is 5.41 Å². The molecule has 0 fully saturated rings. The minimum absolute atomic E-state index is 0.145. The lowest BCUT2D eigenvalue weighted by atomic mass is 9.82. The average molecular weight is 642 g/mol. The summed E-state index contributed by atoms with van der Waals surface area (Å²) >= 11 is 0. The predicted molar refractivity (Wildman–Crippen MR) is 204 cm³/mol. The van der Waals surface area contributed by atoms with Crippen molar-refractivity contribution in [1.29, 1.82) is 0 Å². The second-order valence-corrected chi connectivity index (χ2v) is 13.6. The van der Waals surface area contributed by atoms with Gasteiger partial charge in [0.25, 0.3) is 0 Å². The van der Waals surface area contributed by atoms with Crippen LogP contribution in [0, 0.1) is 0 Å². The summed E-state index contributed by atoms with van der Waals surface area (Å²) in [6.07, 6.45) is 0. The summed E-state index contributed by atoms with van der Waals surface area (Å²) in [5.74, 6) is 1.89. The van der Waals surface area contributed by atoms with E-state index in [1.165, 1.54) is 22.3 Å². The van der Waals surface area contributed by atoms with Gasteiger partial charge in [-0.05, 0) is 50.9 Å². The number of hydrogen-bond acceptors (Lipinski definition) is 4. The monoisotopic (exact) mass is 641 g/mol. The molecule has 236 valence electrons. The van der Waals surface area contributed by atoms with Crippen LogP contribution in [0.25, 0.3) is 89.1 Å². The van der Waals surface area contributed by atoms with E-state index in [1.54, 1.807) is 0 Å². The van der Waals surface area contributed by atoms with Crippen molar-refractivity contribution in [2.45, 2.75) is 19.3 Å². The molecule has 10 rings (SSSR count). The highest BCUT2D eigenvalue weighted by Crippen LogP contribution is 2.52. The van der Waals surface area contributed by atoms with E-state index in [9.17, 15) is 0 Å². The van der Waals surface area contributed by atoms with Gasteiger partial charge < -0.3 is 4.42 Å². The fourth-order valence-corrected chi connectivity index (χ4v) is 7.96. The van der Waals surface area contributed by atoms with Crippen LogP contribution in [-0.2, 0) is 5.41 Å². The maximum Gasteiger partial charge on any atom is 0.164 e. The quantitative estimate of drug-likeness (QED) is 0.192. The molecule has 1 aliphatic rings. The molecule has 0 spiro atoms. The largest absolute Gasteiger partial charge is 0.455 e. The van der Waals surface area contributed by atoms with Crippen LogP contribution in [0.5, 0.6) is 0 Å². The average Bonchev–Trinajstić information content (AvgIpc) is 3.68. The summed E-state index contributed by atoms with van der Waals surface area (Å²) in [5, 5.41) is 4.17. The third kappa shape index (κ3) is 4.21. The molecule has 2 heterocycles. The third-order valence-corrected chi connectivity index (χ3v) is 10.3. The van der Waals surface area contributed by atoms with Gasteiger partial charge in [-0.3, -0.25) is 0 Å². The lowest BCUT2D eigenvalue weighted by Crippen LogP contribution is -2.14. The van der Waals surface area contributed by atoms with E-state index in [1.807, 2.05) is 30.3 Å². The van der Waals surface area contributed by atoms with Gasteiger partial charge >= 0.3 is 0 Å². The number of nitrogens with zero attached hydrogens (tertiary/aromatic N) is 3. The predicted octanol–water partition coefficient (Wildman–Crippen LogP) is 11.9. The fraction of sp³-hybridized carbons (Fsp3) is 0.0652. The van der Waals surface area contributed by atoms with Gasteiger partial charge in [0, 0.05) is 38.3 Å². The molecule has 1 aliphatic carbocycles. The molecule has 0 unspecified atom stereocenters. The number of rotatable bonds is 4. The number of hydrogen-bond donors (Lipinski definition) is 0. The Labute approximate surface area is 289 Å². The Hall–Kier alpha value is -6.39. The van der Waals surface area contributed by atoms with Crippen LogP contribution < -0.4 is 0 Å². The van der Waals surface area contributed by atoms with Crippen LogP contribution in [0.3, 0.4) is 0 Å². The number of benzene rings is 7. The number of fused-ring (bicyclic) bond motifs is 8. The lowest BCUT2D eigenvalue weighted by molar-refractivity contribution is 0.660. The zero-order valence-corrected chi connectivity index (χ0v) is 27.7. The van der Waals surface area contributed by atoms with Gasteiger partial charge in [0.1, 0.15) is 11.2 Å². The van der Waals surface area contributed by atoms with Gasteiger partial charge in [0.05, 0.1) is 0 Å². The molecule has 0 amide bonds. The molecule has 50 heavy (non-hydrogen) atoms. The summed E-state index contributed by atoms with van der Waals surface area (Å²) in [5.41, 5.74) is 11.6. The smallest absolute Gasteiger partial charge is 0.164 e. The maximum atomic E-state index is 6.70. The molecule has 4 heteroatoms. The van der Waals surface area contributed by atoms with E-state index in [4.69, 9.17) is 19.4 Å². The molecular weight excluding hydrogens is 611 g/mol. The van der Waals surface area contributed by atoms with Gasteiger partial charge in [-0.2, -0.15) is 0 Å². The summed E-state index contributed by atoms with van der Waals surface area (Å²) in [4.78, 5) is 15.8. The maximum absolute atomic E-state index is 6.70. The van der Waals surface area contributed by atoms with Gasteiger partial charge in [-0.15, -0.1) is 0 Å². The molecule has 9 aromatic rings. The van der Waals surface area contributed by atoms with Crippen molar-refractivity contribution in [2.75, 3.05) is 0 Å². The Kier molecular flexibility index (Phi) is 6.19. The van der Waals surface area contributed by atoms with Crippen LogP contribution in [0.15, 0.2) is 156 Å². The zero-order valence-electron chi connectivity index (χ0n) is 27.7. The Morgan fingerprint density at radius 1 is 0.440 bits per heavy atom. The molecule has 0 saturated carbocycles. The van der Waals surface area contributed by atoms with Gasteiger partial charge in [-0.1, -0.05) is 153 Å². The number of aromatic nitrogens is 3. The van der Waals surface area contributed by atoms with Crippen LogP contribution in [-0.4, -0.2) is 15.0 Å². The number of furan rings is 1. The molecule has 4 nitrogen and oxygen atoms in total. The molecule has 0 saturated heterocycles. The van der Waals surface area contributed by atoms with Crippen molar-refractivity contribution in [3.8, 4) is 56.4 Å². The Balaban J connectivity index is 1.32. The second kappa shape index (κ2) is 10.8. The minimum Gasteiger partial charge on any atom is -0.455 e. The van der Waals surface area contributed by atoms with E-state index in [2.05, 4.69) is 135 Å². The summed E-state index contributed by atoms with van der Waals surface area (Å²) in [6, 6.07) is 52.9. The SMILES string of the molecule is CC1(C)c2ccccc2-c2c(-c3nc(-c4ccccc4)nc(-c4cc5c(-c6ccccc6)cccc5c5oc6ccccc6c45)n3)cccc21. The molecule has 0 bridgehead atoms. The first-order valence-corrected chi connectivity index (χ1v) is 17.0. The third-order valence-electron chi connectivity index (χ3n) is 10.3. The van der Waals surface area contributed by atoms with Crippen LogP contribution in [0.2, 0.25) is 0 Å². The van der Waals surface area contributed by atoms with Crippen molar-refractivity contribution in [3.05, 3.63) is 163 Å². The first kappa shape index (κ1) is 28.6. The first-order chi connectivity index (χ1) is 24.6. The van der Waals surface area contributed by atoms with Gasteiger partial charge in [0.15, 0.2) is 17.5 Å². The van der Waals surface area contributed by atoms with Crippen molar-refractivity contribution in [1.82, 2.24) is 15.0 Å². The number of para-hydroxylation sites is 1. The van der Waals surface area contributed by atoms with Gasteiger partial charge in [0.2, 0.25) is 0 Å². The first-order valence-electron chi connectivity index (χ1n) is 17.0. The minimum atomic E-state index is -0.145. The summed E-state index contributed by atoms with van der Waals surface area (Å²) in [7, 11) is 0. The van der Waals surface area contributed by atoms with Crippen molar-refractivity contribution < 1.29 is 4.42 Å². The highest BCUT2D eigenvalue weighted by molar-refractivity contribution is 6.22. The second-order valence-electron chi connectivity index (χ2n) is 13.6. The molecule has 7 aromatic carbocycles. The Morgan fingerprint density at radius 2 is 1.02 bits per heavy atom. The standard InChI is InChI=1S/C46H31N3O/c1-46(2)37-24-11-9-19-32(37)40-34(23-14-25-38(40)46)44-47-43(29-17-7-4-8-18-29)48-45(49-44)36-27-35-30(28-15-5-3-6-16-28)21-13-22-31(35)42-41(36)33-20-10-12-26-39(33)50-42/h3-27H,1-2H3. The molecule has 0 atom stereocenters. The Morgan fingerprint density at radius 3 is 1.84 bits per heavy atom. The lowest BCUT2D eigenvalue weighted by Gasteiger charge is -2.21. The van der Waals surface area contributed by atoms with Crippen LogP contribution >= 0.6 is 0 Å². The van der Waals surface area contributed by atoms with E-state index in [0.29, 0.717) is 17.5 Å². The summed E-state index contributed by atoms with van der Waals surface area (Å²) in [6.45, 7) is 4.60. The highest BCUT2D eigenvalue weighted by atomic mass is 16.3. The van der Waals surface area contributed by atoms with E-state index in [0.717, 1.165) is 60.5 Å². The molecule has 0 radical (unpaired) electrons. The zero-order chi connectivity index (χ0) is 33.4. The van der Waals surface area contributed by atoms with E-state index < -0.39 is 0 Å². The normalized spacial score (nSPS) is 13.2. The molecular formula is C46H31N3O. The fourth-order valence-electron chi connectivity index (χ4n) is 7.96. The highest BCUT2D eigenvalue weighted by Gasteiger charge is 2.37. The summed E-state index contributed by atoms with van der Waals surface area (Å²) < 4.78 is 6.70. The molecule has 2 aromatic heterocycles. The van der Waals surface area contributed by atoms with Crippen molar-refractivity contribution >= 4 is 32.7 Å². The van der Waals surface area contributed by atoms with Crippen molar-refractivity contribution in [3.63, 3.8) is 0 Å². The van der Waals surface area contributed by atoms with Crippen molar-refractivity contribution in [2.24, 2.45) is 0 Å².